The van der Waals surface area contributed by atoms with E-state index in [1.54, 1.807) is 7.05 Å². The van der Waals surface area contributed by atoms with E-state index in [4.69, 9.17) is 10.7 Å². The van der Waals surface area contributed by atoms with Crippen molar-refractivity contribution in [3.63, 3.8) is 0 Å². The predicted octanol–water partition coefficient (Wildman–Crippen LogP) is -2.68. The fourth-order valence-electron chi connectivity index (χ4n) is 0.688. The zero-order valence-corrected chi connectivity index (χ0v) is 8.06. The van der Waals surface area contributed by atoms with Crippen molar-refractivity contribution < 1.29 is 9.86 Å². The minimum atomic E-state index is -0.779. The standard InChI is InChI=1S/C4H10N8O3/c1-6-3(5)10(2)15-11-4(12(13)14)7-8-9-11/h3,6H,5H2,1-2H3. The fourth-order valence-corrected chi connectivity index (χ4v) is 0.688. The van der Waals surface area contributed by atoms with E-state index in [-0.39, 0.29) is 0 Å². The van der Waals surface area contributed by atoms with Crippen molar-refractivity contribution >= 4 is 5.95 Å². The summed E-state index contributed by atoms with van der Waals surface area (Å²) < 4.78 is 0. The van der Waals surface area contributed by atoms with E-state index in [0.717, 1.165) is 5.06 Å². The minimum absolute atomic E-state index is 0.553. The highest BCUT2D eigenvalue weighted by atomic mass is 16.8. The number of aromatic nitrogens is 4. The molecule has 84 valence electrons. The van der Waals surface area contributed by atoms with Crippen LogP contribution in [-0.4, -0.2) is 50.7 Å². The van der Waals surface area contributed by atoms with Crippen LogP contribution in [0.3, 0.4) is 0 Å². The molecule has 1 aromatic rings. The van der Waals surface area contributed by atoms with Crippen LogP contribution >= 0.6 is 0 Å². The summed E-state index contributed by atoms with van der Waals surface area (Å²) in [7, 11) is 3.06. The third kappa shape index (κ3) is 2.55. The quantitative estimate of drug-likeness (QED) is 0.307. The molecular formula is C4H10N8O3. The topological polar surface area (TPSA) is 137 Å². The number of hydrogen-bond acceptors (Lipinski definition) is 9. The molecule has 1 atom stereocenters. The van der Waals surface area contributed by atoms with Gasteiger partial charge in [-0.05, 0) is 12.0 Å². The summed E-state index contributed by atoms with van der Waals surface area (Å²) in [5.41, 5.74) is 5.50. The third-order valence-corrected chi connectivity index (χ3v) is 1.48. The van der Waals surface area contributed by atoms with Crippen molar-refractivity contribution in [1.82, 2.24) is 30.8 Å². The summed E-state index contributed by atoms with van der Waals surface area (Å²) in [6.07, 6.45) is -0.645. The molecule has 0 amide bonds. The van der Waals surface area contributed by atoms with Crippen LogP contribution in [0.4, 0.5) is 5.95 Å². The summed E-state index contributed by atoms with van der Waals surface area (Å²) in [4.78, 5) is 15.1. The first-order valence-corrected chi connectivity index (χ1v) is 3.83. The number of nitrogens with two attached hydrogens (primary N) is 1. The van der Waals surface area contributed by atoms with Crippen molar-refractivity contribution in [2.24, 2.45) is 5.73 Å². The first-order valence-electron chi connectivity index (χ1n) is 3.83. The Labute approximate surface area is 83.8 Å². The first-order chi connectivity index (χ1) is 7.06. The Hall–Kier alpha value is -1.85. The van der Waals surface area contributed by atoms with Gasteiger partial charge in [-0.25, -0.2) is 4.94 Å². The maximum absolute atomic E-state index is 10.4. The average molecular weight is 218 g/mol. The molecule has 0 radical (unpaired) electrons. The van der Waals surface area contributed by atoms with Crippen molar-refractivity contribution in [2.45, 2.75) is 6.29 Å². The highest BCUT2D eigenvalue weighted by Crippen LogP contribution is 2.00. The van der Waals surface area contributed by atoms with Crippen LogP contribution in [0, 0.1) is 10.1 Å². The molecule has 0 aromatic carbocycles. The van der Waals surface area contributed by atoms with Crippen molar-refractivity contribution in [2.75, 3.05) is 14.1 Å². The number of nitrogens with zero attached hydrogens (tertiary/aromatic N) is 6. The monoisotopic (exact) mass is 218 g/mol. The van der Waals surface area contributed by atoms with Gasteiger partial charge in [0.25, 0.3) is 0 Å². The molecule has 1 unspecified atom stereocenters. The van der Waals surface area contributed by atoms with Crippen LogP contribution in [0.1, 0.15) is 0 Å². The zero-order valence-electron chi connectivity index (χ0n) is 8.06. The molecule has 11 heteroatoms. The SMILES string of the molecule is CNC(N)N(C)On1nnnc1[N+](=O)[O-]. The molecule has 0 saturated carbocycles. The van der Waals surface area contributed by atoms with Gasteiger partial charge < -0.3 is 15.8 Å². The number of nitrogens with one attached hydrogen (secondary N) is 1. The van der Waals surface area contributed by atoms with E-state index < -0.39 is 17.2 Å². The number of rotatable bonds is 5. The molecule has 0 aliphatic carbocycles. The van der Waals surface area contributed by atoms with Gasteiger partial charge in [0.05, 0.1) is 20.4 Å². The molecule has 1 aromatic heterocycles. The fraction of sp³-hybridized carbons (Fsp3) is 0.750. The number of hydrogen-bond donors (Lipinski definition) is 2. The molecule has 0 spiro atoms. The van der Waals surface area contributed by atoms with Gasteiger partial charge in [-0.1, -0.05) is 5.06 Å². The first kappa shape index (κ1) is 11.2. The van der Waals surface area contributed by atoms with Gasteiger partial charge in [-0.15, -0.1) is 0 Å². The minimum Gasteiger partial charge on any atom is -0.390 e. The Bertz CT molecular complexity index is 338. The Kier molecular flexibility index (Phi) is 3.43. The lowest BCUT2D eigenvalue weighted by Crippen LogP contribution is -2.52. The maximum atomic E-state index is 10.4. The second kappa shape index (κ2) is 4.59. The van der Waals surface area contributed by atoms with Gasteiger partial charge >= 0.3 is 5.95 Å². The van der Waals surface area contributed by atoms with Gasteiger partial charge in [0, 0.05) is 7.05 Å². The molecule has 0 saturated heterocycles. The molecule has 11 nitrogen and oxygen atoms in total. The van der Waals surface area contributed by atoms with E-state index >= 15 is 0 Å². The summed E-state index contributed by atoms with van der Waals surface area (Å²) in [6, 6.07) is 0. The van der Waals surface area contributed by atoms with Gasteiger partial charge in [-0.2, -0.15) is 0 Å². The van der Waals surface area contributed by atoms with Gasteiger partial charge in [0.15, 0.2) is 0 Å². The Morgan fingerprint density at radius 1 is 1.80 bits per heavy atom. The predicted molar refractivity (Wildman–Crippen MR) is 45.8 cm³/mol. The van der Waals surface area contributed by atoms with Crippen molar-refractivity contribution in [1.29, 1.82) is 0 Å². The Morgan fingerprint density at radius 2 is 2.47 bits per heavy atom. The maximum Gasteiger partial charge on any atom is 0.519 e. The smallest absolute Gasteiger partial charge is 0.390 e. The molecule has 1 rings (SSSR count). The van der Waals surface area contributed by atoms with Crippen LogP contribution in [-0.2, 0) is 0 Å². The second-order valence-electron chi connectivity index (χ2n) is 2.47. The lowest BCUT2D eigenvalue weighted by molar-refractivity contribution is -0.407. The van der Waals surface area contributed by atoms with Gasteiger partial charge in [0.2, 0.25) is 0 Å². The molecule has 0 aliphatic heterocycles. The Morgan fingerprint density at radius 3 is 3.00 bits per heavy atom. The average Bonchev–Trinajstić information content (AvgIpc) is 2.64. The molecule has 15 heavy (non-hydrogen) atoms. The van der Waals surface area contributed by atoms with Gasteiger partial charge in [-0.3, -0.25) is 5.32 Å². The van der Waals surface area contributed by atoms with E-state index in [2.05, 4.69) is 20.8 Å². The van der Waals surface area contributed by atoms with Crippen molar-refractivity contribution in [3.8, 4) is 0 Å². The van der Waals surface area contributed by atoms with Crippen LogP contribution in [0.5, 0.6) is 0 Å². The molecule has 3 N–H and O–H groups in total. The molecule has 0 bridgehead atoms. The van der Waals surface area contributed by atoms with Crippen LogP contribution in [0.15, 0.2) is 0 Å². The largest absolute Gasteiger partial charge is 0.519 e. The zero-order chi connectivity index (χ0) is 11.4. The van der Waals surface area contributed by atoms with Crippen LogP contribution in [0.25, 0.3) is 0 Å². The third-order valence-electron chi connectivity index (χ3n) is 1.48. The number of hydroxylamine groups is 2. The number of nitro groups is 1. The lowest BCUT2D eigenvalue weighted by Gasteiger charge is -2.18. The van der Waals surface area contributed by atoms with E-state index in [1.807, 2.05) is 0 Å². The molecular weight excluding hydrogens is 208 g/mol. The highest BCUT2D eigenvalue weighted by molar-refractivity contribution is 4.94. The van der Waals surface area contributed by atoms with Crippen LogP contribution < -0.4 is 16.0 Å². The van der Waals surface area contributed by atoms with E-state index in [1.165, 1.54) is 7.05 Å². The lowest BCUT2D eigenvalue weighted by atomic mass is 10.8. The highest BCUT2D eigenvalue weighted by Gasteiger charge is 2.23. The van der Waals surface area contributed by atoms with E-state index in [9.17, 15) is 10.1 Å². The summed E-state index contributed by atoms with van der Waals surface area (Å²) in [5, 5.41) is 23.7. The van der Waals surface area contributed by atoms with Gasteiger partial charge in [0.1, 0.15) is 6.29 Å². The Balaban J connectivity index is 2.72. The summed E-state index contributed by atoms with van der Waals surface area (Å²) >= 11 is 0. The van der Waals surface area contributed by atoms with Crippen molar-refractivity contribution in [3.05, 3.63) is 10.1 Å². The summed E-state index contributed by atoms with van der Waals surface area (Å²) in [6.45, 7) is 0. The molecule has 0 aliphatic rings. The summed E-state index contributed by atoms with van der Waals surface area (Å²) in [5.74, 6) is -0.634. The molecule has 1 heterocycles. The number of tetrazole rings is 1. The second-order valence-corrected chi connectivity index (χ2v) is 2.47. The normalized spacial score (nSPS) is 12.8. The van der Waals surface area contributed by atoms with E-state index in [0.29, 0.717) is 4.85 Å². The van der Waals surface area contributed by atoms with Crippen LogP contribution in [0.2, 0.25) is 0 Å². The molecule has 0 fully saturated rings.